The Hall–Kier alpha value is -1.86. The summed E-state index contributed by atoms with van der Waals surface area (Å²) in [6, 6.07) is 12.5. The zero-order valence-electron chi connectivity index (χ0n) is 13.5. The van der Waals surface area contributed by atoms with Gasteiger partial charge in [-0.05, 0) is 36.2 Å². The van der Waals surface area contributed by atoms with Gasteiger partial charge in [0.05, 0.1) is 17.8 Å². The number of hydrogen-bond donors (Lipinski definition) is 2. The molecule has 0 aliphatic rings. The number of anilines is 1. The summed E-state index contributed by atoms with van der Waals surface area (Å²) < 4.78 is 39.8. The highest BCUT2D eigenvalue weighted by molar-refractivity contribution is 9.10. The summed E-state index contributed by atoms with van der Waals surface area (Å²) in [6.07, 6.45) is -3.77. The van der Waals surface area contributed by atoms with Crippen molar-refractivity contribution in [2.24, 2.45) is 0 Å². The van der Waals surface area contributed by atoms with E-state index in [-0.39, 0.29) is 18.3 Å². The summed E-state index contributed by atoms with van der Waals surface area (Å²) in [7, 11) is 0. The van der Waals surface area contributed by atoms with E-state index in [4.69, 9.17) is 0 Å². The normalized spacial score (nSPS) is 12.7. The molecule has 0 radical (unpaired) electrons. The lowest BCUT2D eigenvalue weighted by atomic mass is 10.0. The van der Waals surface area contributed by atoms with Gasteiger partial charge in [0, 0.05) is 10.5 Å². The van der Waals surface area contributed by atoms with Crippen LogP contribution in [0.1, 0.15) is 30.5 Å². The molecule has 0 saturated carbocycles. The summed E-state index contributed by atoms with van der Waals surface area (Å²) in [5, 5.41) is 5.40. The lowest BCUT2D eigenvalue weighted by molar-refractivity contribution is -0.137. The van der Waals surface area contributed by atoms with Crippen LogP contribution in [0.2, 0.25) is 0 Å². The molecular formula is C18H18BrF3N2O. The molecule has 0 aliphatic carbocycles. The van der Waals surface area contributed by atoms with E-state index in [0.717, 1.165) is 22.5 Å². The molecule has 2 aromatic rings. The first-order valence-electron chi connectivity index (χ1n) is 7.76. The Morgan fingerprint density at radius 1 is 1.12 bits per heavy atom. The van der Waals surface area contributed by atoms with Gasteiger partial charge in [-0.25, -0.2) is 0 Å². The van der Waals surface area contributed by atoms with Crippen molar-refractivity contribution in [3.05, 3.63) is 64.1 Å². The minimum atomic E-state index is -4.51. The third-order valence-electron chi connectivity index (χ3n) is 3.70. The molecule has 7 heteroatoms. The van der Waals surface area contributed by atoms with Crippen LogP contribution >= 0.6 is 15.9 Å². The third-order valence-corrected chi connectivity index (χ3v) is 4.22. The summed E-state index contributed by atoms with van der Waals surface area (Å²) in [5.74, 6) is -0.521. The van der Waals surface area contributed by atoms with Gasteiger partial charge in [0.1, 0.15) is 0 Å². The van der Waals surface area contributed by atoms with Crippen molar-refractivity contribution in [2.75, 3.05) is 11.9 Å². The van der Waals surface area contributed by atoms with Gasteiger partial charge in [-0.2, -0.15) is 13.2 Å². The van der Waals surface area contributed by atoms with Crippen LogP contribution in [0.3, 0.4) is 0 Å². The van der Waals surface area contributed by atoms with Crippen LogP contribution in [0.4, 0.5) is 18.9 Å². The number of para-hydroxylation sites is 1. The Morgan fingerprint density at radius 3 is 2.36 bits per heavy atom. The fourth-order valence-corrected chi connectivity index (χ4v) is 2.71. The van der Waals surface area contributed by atoms with Crippen LogP contribution in [0.15, 0.2) is 53.0 Å². The van der Waals surface area contributed by atoms with Crippen molar-refractivity contribution in [3.8, 4) is 0 Å². The Labute approximate surface area is 152 Å². The third kappa shape index (κ3) is 5.57. The monoisotopic (exact) mass is 414 g/mol. The van der Waals surface area contributed by atoms with Crippen LogP contribution in [0.25, 0.3) is 0 Å². The van der Waals surface area contributed by atoms with E-state index in [0.29, 0.717) is 0 Å². The van der Waals surface area contributed by atoms with Crippen molar-refractivity contribution in [3.63, 3.8) is 0 Å². The summed E-state index contributed by atoms with van der Waals surface area (Å²) in [6.45, 7) is 1.89. The van der Waals surface area contributed by atoms with Crippen molar-refractivity contribution < 1.29 is 18.0 Å². The first-order valence-corrected chi connectivity index (χ1v) is 8.55. The van der Waals surface area contributed by atoms with Crippen molar-refractivity contribution in [1.29, 1.82) is 0 Å². The van der Waals surface area contributed by atoms with Crippen LogP contribution < -0.4 is 10.6 Å². The van der Waals surface area contributed by atoms with Crippen molar-refractivity contribution in [2.45, 2.75) is 25.6 Å². The number of alkyl halides is 3. The SMILES string of the molecule is CC[C@H](NCC(=O)Nc1ccccc1C(F)(F)F)c1ccc(Br)cc1. The van der Waals surface area contributed by atoms with Crippen molar-refractivity contribution >= 4 is 27.5 Å². The molecule has 0 fully saturated rings. The van der Waals surface area contributed by atoms with E-state index in [2.05, 4.69) is 26.6 Å². The van der Waals surface area contributed by atoms with Crippen LogP contribution in [0.5, 0.6) is 0 Å². The second kappa shape index (κ2) is 8.49. The largest absolute Gasteiger partial charge is 0.418 e. The second-order valence-corrected chi connectivity index (χ2v) is 6.40. The Morgan fingerprint density at radius 2 is 1.76 bits per heavy atom. The Bertz CT molecular complexity index is 717. The molecule has 0 bridgehead atoms. The Balaban J connectivity index is 2.00. The summed E-state index contributed by atoms with van der Waals surface area (Å²) in [4.78, 5) is 12.0. The van der Waals surface area contributed by atoms with Crippen molar-refractivity contribution in [1.82, 2.24) is 5.32 Å². The van der Waals surface area contributed by atoms with Gasteiger partial charge < -0.3 is 10.6 Å². The predicted octanol–water partition coefficient (Wildman–Crippen LogP) is 5.15. The zero-order chi connectivity index (χ0) is 18.4. The summed E-state index contributed by atoms with van der Waals surface area (Å²) >= 11 is 3.36. The number of amides is 1. The second-order valence-electron chi connectivity index (χ2n) is 5.48. The van der Waals surface area contributed by atoms with Crippen LogP contribution in [0, 0.1) is 0 Å². The number of benzene rings is 2. The molecule has 0 aromatic heterocycles. The lowest BCUT2D eigenvalue weighted by Crippen LogP contribution is -2.31. The molecule has 0 unspecified atom stereocenters. The summed E-state index contributed by atoms with van der Waals surface area (Å²) in [5.41, 5.74) is -0.0871. The smallest absolute Gasteiger partial charge is 0.324 e. The average molecular weight is 415 g/mol. The van der Waals surface area contributed by atoms with E-state index >= 15 is 0 Å². The molecule has 2 N–H and O–H groups in total. The van der Waals surface area contributed by atoms with Gasteiger partial charge >= 0.3 is 6.18 Å². The molecule has 1 amide bonds. The molecule has 134 valence electrons. The quantitative estimate of drug-likeness (QED) is 0.686. The number of carbonyl (C=O) groups is 1. The van der Waals surface area contributed by atoms with Gasteiger partial charge in [0.15, 0.2) is 0 Å². The lowest BCUT2D eigenvalue weighted by Gasteiger charge is -2.18. The van der Waals surface area contributed by atoms with E-state index < -0.39 is 17.6 Å². The molecule has 2 rings (SSSR count). The number of nitrogens with one attached hydrogen (secondary N) is 2. The van der Waals surface area contributed by atoms with Gasteiger partial charge in [-0.3, -0.25) is 4.79 Å². The number of carbonyl (C=O) groups excluding carboxylic acids is 1. The minimum absolute atomic E-state index is 0.0586. The molecule has 25 heavy (non-hydrogen) atoms. The molecule has 0 heterocycles. The first-order chi connectivity index (χ1) is 11.8. The maximum atomic E-state index is 13.0. The molecule has 3 nitrogen and oxygen atoms in total. The van der Waals surface area contributed by atoms with Crippen LogP contribution in [-0.2, 0) is 11.0 Å². The van der Waals surface area contributed by atoms with E-state index in [9.17, 15) is 18.0 Å². The van der Waals surface area contributed by atoms with E-state index in [1.54, 1.807) is 0 Å². The highest BCUT2D eigenvalue weighted by Gasteiger charge is 2.33. The molecule has 0 saturated heterocycles. The average Bonchev–Trinajstić information content (AvgIpc) is 2.56. The van der Waals surface area contributed by atoms with Gasteiger partial charge in [0.25, 0.3) is 0 Å². The van der Waals surface area contributed by atoms with Gasteiger partial charge in [0.2, 0.25) is 5.91 Å². The number of halogens is 4. The fraction of sp³-hybridized carbons (Fsp3) is 0.278. The number of hydrogen-bond acceptors (Lipinski definition) is 2. The highest BCUT2D eigenvalue weighted by atomic mass is 79.9. The topological polar surface area (TPSA) is 41.1 Å². The molecule has 0 aliphatic heterocycles. The Kier molecular flexibility index (Phi) is 6.61. The highest BCUT2D eigenvalue weighted by Crippen LogP contribution is 2.34. The molecule has 2 aromatic carbocycles. The van der Waals surface area contributed by atoms with E-state index in [1.807, 2.05) is 31.2 Å². The standard InChI is InChI=1S/C18H18BrF3N2O/c1-2-15(12-7-9-13(19)10-8-12)23-11-17(25)24-16-6-4-3-5-14(16)18(20,21)22/h3-10,15,23H,2,11H2,1H3,(H,24,25)/t15-/m0/s1. The maximum absolute atomic E-state index is 13.0. The fourth-order valence-electron chi connectivity index (χ4n) is 2.44. The number of rotatable bonds is 6. The zero-order valence-corrected chi connectivity index (χ0v) is 15.1. The van der Waals surface area contributed by atoms with Crippen LogP contribution in [-0.4, -0.2) is 12.5 Å². The molecule has 1 atom stereocenters. The predicted molar refractivity (Wildman–Crippen MR) is 95.3 cm³/mol. The molecule has 0 spiro atoms. The maximum Gasteiger partial charge on any atom is 0.418 e. The van der Waals surface area contributed by atoms with Gasteiger partial charge in [-0.15, -0.1) is 0 Å². The van der Waals surface area contributed by atoms with E-state index in [1.165, 1.54) is 18.2 Å². The first kappa shape index (κ1) is 19.5. The molecular weight excluding hydrogens is 397 g/mol. The minimum Gasteiger partial charge on any atom is -0.324 e. The van der Waals surface area contributed by atoms with Gasteiger partial charge in [-0.1, -0.05) is 47.1 Å².